The van der Waals surface area contributed by atoms with E-state index in [0.29, 0.717) is 6.42 Å². The Bertz CT molecular complexity index is 881. The number of para-hydroxylation sites is 1. The number of carbonyl (C=O) groups is 1. The number of hydrogen-bond acceptors (Lipinski definition) is 3. The van der Waals surface area contributed by atoms with E-state index in [1.165, 1.54) is 10.8 Å². The third kappa shape index (κ3) is 3.67. The molecule has 130 valence electrons. The predicted octanol–water partition coefficient (Wildman–Crippen LogP) is 3.37. The van der Waals surface area contributed by atoms with Gasteiger partial charge in [0.25, 0.3) is 0 Å². The van der Waals surface area contributed by atoms with Crippen LogP contribution in [0, 0.1) is 0 Å². The number of nitrogens with one attached hydrogen (secondary N) is 2. The molecule has 0 saturated carbocycles. The van der Waals surface area contributed by atoms with E-state index in [9.17, 15) is 4.79 Å². The summed E-state index contributed by atoms with van der Waals surface area (Å²) in [5, 5.41) is 5.40. The lowest BCUT2D eigenvalue weighted by Gasteiger charge is -2.26. The highest BCUT2D eigenvalue weighted by Crippen LogP contribution is 2.27. The van der Waals surface area contributed by atoms with Crippen LogP contribution in [0.4, 0.5) is 5.69 Å². The molecule has 1 fully saturated rings. The smallest absolute Gasteiger partial charge is 0.224 e. The van der Waals surface area contributed by atoms with Crippen molar-refractivity contribution in [3.05, 3.63) is 42.5 Å². The van der Waals surface area contributed by atoms with Gasteiger partial charge in [0.15, 0.2) is 0 Å². The molecule has 1 aliphatic heterocycles. The van der Waals surface area contributed by atoms with Crippen molar-refractivity contribution in [3.8, 4) is 0 Å². The zero-order valence-electron chi connectivity index (χ0n) is 14.3. The van der Waals surface area contributed by atoms with Crippen molar-refractivity contribution in [1.82, 2.24) is 9.88 Å². The van der Waals surface area contributed by atoms with Crippen molar-refractivity contribution in [3.63, 3.8) is 0 Å². The molecule has 3 aromatic rings. The lowest BCUT2D eigenvalue weighted by molar-refractivity contribution is -0.116. The highest BCUT2D eigenvalue weighted by molar-refractivity contribution is 6.08. The van der Waals surface area contributed by atoms with Gasteiger partial charge < -0.3 is 15.0 Å². The highest BCUT2D eigenvalue weighted by atomic mass is 16.5. The van der Waals surface area contributed by atoms with Gasteiger partial charge in [0.1, 0.15) is 0 Å². The minimum atomic E-state index is 0.0729. The third-order valence-corrected chi connectivity index (χ3v) is 4.77. The molecule has 1 aromatic heterocycles. The summed E-state index contributed by atoms with van der Waals surface area (Å²) in [5.41, 5.74) is 3.01. The fourth-order valence-electron chi connectivity index (χ4n) is 3.44. The lowest BCUT2D eigenvalue weighted by atomic mass is 10.1. The Morgan fingerprint density at radius 3 is 2.76 bits per heavy atom. The van der Waals surface area contributed by atoms with Crippen molar-refractivity contribution in [1.29, 1.82) is 0 Å². The molecule has 25 heavy (non-hydrogen) atoms. The molecule has 5 nitrogen and oxygen atoms in total. The van der Waals surface area contributed by atoms with Crippen LogP contribution in [0.2, 0.25) is 0 Å². The second kappa shape index (κ2) is 7.25. The molecule has 0 atom stereocenters. The van der Waals surface area contributed by atoms with E-state index >= 15 is 0 Å². The summed E-state index contributed by atoms with van der Waals surface area (Å²) >= 11 is 0. The van der Waals surface area contributed by atoms with Crippen LogP contribution < -0.4 is 5.32 Å². The Morgan fingerprint density at radius 1 is 1.08 bits per heavy atom. The summed E-state index contributed by atoms with van der Waals surface area (Å²) in [6, 6.07) is 14.3. The van der Waals surface area contributed by atoms with Crippen molar-refractivity contribution in [2.45, 2.75) is 12.8 Å². The Labute approximate surface area is 147 Å². The Hall–Kier alpha value is -2.37. The number of aromatic amines is 1. The van der Waals surface area contributed by atoms with E-state index in [1.54, 1.807) is 0 Å². The first-order valence-electron chi connectivity index (χ1n) is 8.90. The lowest BCUT2D eigenvalue weighted by Crippen LogP contribution is -2.37. The Kier molecular flexibility index (Phi) is 4.68. The van der Waals surface area contributed by atoms with Crippen LogP contribution in [0.25, 0.3) is 21.8 Å². The van der Waals surface area contributed by atoms with Gasteiger partial charge in [-0.05, 0) is 31.2 Å². The van der Waals surface area contributed by atoms with Crippen molar-refractivity contribution >= 4 is 33.4 Å². The van der Waals surface area contributed by atoms with Gasteiger partial charge in [0.05, 0.1) is 13.2 Å². The number of rotatable bonds is 5. The Balaban J connectivity index is 1.36. The van der Waals surface area contributed by atoms with Gasteiger partial charge in [0, 0.05) is 47.0 Å². The molecule has 0 spiro atoms. The van der Waals surface area contributed by atoms with Gasteiger partial charge in [-0.1, -0.05) is 24.3 Å². The molecule has 0 unspecified atom stereocenters. The minimum Gasteiger partial charge on any atom is -0.379 e. The second-order valence-corrected chi connectivity index (χ2v) is 6.54. The second-order valence-electron chi connectivity index (χ2n) is 6.54. The molecule has 0 radical (unpaired) electrons. The molecular weight excluding hydrogens is 314 g/mol. The molecule has 2 heterocycles. The topological polar surface area (TPSA) is 57.4 Å². The summed E-state index contributed by atoms with van der Waals surface area (Å²) in [7, 11) is 0. The quantitative estimate of drug-likeness (QED) is 0.750. The van der Waals surface area contributed by atoms with Crippen LogP contribution in [-0.4, -0.2) is 48.6 Å². The fourth-order valence-corrected chi connectivity index (χ4v) is 3.44. The first kappa shape index (κ1) is 16.1. The van der Waals surface area contributed by atoms with Crippen LogP contribution in [-0.2, 0) is 9.53 Å². The maximum Gasteiger partial charge on any atom is 0.224 e. The number of fused-ring (bicyclic) bond motifs is 3. The van der Waals surface area contributed by atoms with E-state index in [1.807, 2.05) is 24.3 Å². The van der Waals surface area contributed by atoms with Gasteiger partial charge in [-0.2, -0.15) is 0 Å². The van der Waals surface area contributed by atoms with E-state index in [4.69, 9.17) is 4.74 Å². The summed E-state index contributed by atoms with van der Waals surface area (Å²) in [4.78, 5) is 18.0. The number of hydrogen-bond donors (Lipinski definition) is 2. The maximum absolute atomic E-state index is 12.2. The monoisotopic (exact) mass is 337 g/mol. The van der Waals surface area contributed by atoms with Gasteiger partial charge in [0.2, 0.25) is 5.91 Å². The number of amides is 1. The maximum atomic E-state index is 12.2. The Morgan fingerprint density at radius 2 is 1.88 bits per heavy atom. The first-order valence-corrected chi connectivity index (χ1v) is 8.90. The first-order chi connectivity index (χ1) is 12.3. The number of aromatic nitrogens is 1. The molecule has 1 aliphatic rings. The van der Waals surface area contributed by atoms with Crippen LogP contribution in [0.1, 0.15) is 12.8 Å². The zero-order valence-corrected chi connectivity index (χ0v) is 14.3. The molecule has 2 aromatic carbocycles. The van der Waals surface area contributed by atoms with E-state index in [0.717, 1.165) is 56.0 Å². The summed E-state index contributed by atoms with van der Waals surface area (Å²) < 4.78 is 5.34. The number of morpholine rings is 1. The highest BCUT2D eigenvalue weighted by Gasteiger charge is 2.11. The molecule has 5 heteroatoms. The number of nitrogens with zero attached hydrogens (tertiary/aromatic N) is 1. The van der Waals surface area contributed by atoms with Gasteiger partial charge in [-0.25, -0.2) is 0 Å². The van der Waals surface area contributed by atoms with Gasteiger partial charge >= 0.3 is 0 Å². The summed E-state index contributed by atoms with van der Waals surface area (Å²) in [6.45, 7) is 4.50. The van der Waals surface area contributed by atoms with Crippen molar-refractivity contribution in [2.24, 2.45) is 0 Å². The number of H-pyrrole nitrogens is 1. The van der Waals surface area contributed by atoms with Gasteiger partial charge in [-0.3, -0.25) is 9.69 Å². The number of ether oxygens (including phenoxy) is 1. The normalized spacial score (nSPS) is 15.7. The average Bonchev–Trinajstić information content (AvgIpc) is 3.00. The SMILES string of the molecule is O=C(CCCN1CCOCC1)Nc1ccc2c(c1)[nH]c1ccccc12. The van der Waals surface area contributed by atoms with E-state index in [-0.39, 0.29) is 5.91 Å². The molecule has 4 rings (SSSR count). The summed E-state index contributed by atoms with van der Waals surface area (Å²) in [5.74, 6) is 0.0729. The average molecular weight is 337 g/mol. The minimum absolute atomic E-state index is 0.0729. The third-order valence-electron chi connectivity index (χ3n) is 4.77. The molecule has 0 aliphatic carbocycles. The molecule has 1 saturated heterocycles. The fraction of sp³-hybridized carbons (Fsp3) is 0.350. The van der Waals surface area contributed by atoms with Crippen LogP contribution in [0.3, 0.4) is 0 Å². The molecule has 1 amide bonds. The zero-order chi connectivity index (χ0) is 17.1. The van der Waals surface area contributed by atoms with Crippen molar-refractivity contribution in [2.75, 3.05) is 38.2 Å². The van der Waals surface area contributed by atoms with E-state index in [2.05, 4.69) is 33.4 Å². The van der Waals surface area contributed by atoms with E-state index < -0.39 is 0 Å². The molecular formula is C20H23N3O2. The van der Waals surface area contributed by atoms with Crippen LogP contribution in [0.5, 0.6) is 0 Å². The number of anilines is 1. The molecule has 0 bridgehead atoms. The van der Waals surface area contributed by atoms with Crippen LogP contribution in [0.15, 0.2) is 42.5 Å². The largest absolute Gasteiger partial charge is 0.379 e. The van der Waals surface area contributed by atoms with Crippen LogP contribution >= 0.6 is 0 Å². The van der Waals surface area contributed by atoms with Gasteiger partial charge in [-0.15, -0.1) is 0 Å². The predicted molar refractivity (Wildman–Crippen MR) is 101 cm³/mol. The van der Waals surface area contributed by atoms with Crippen molar-refractivity contribution < 1.29 is 9.53 Å². The number of carbonyl (C=O) groups excluding carboxylic acids is 1. The standard InChI is InChI=1S/C20H23N3O2/c24-20(6-3-9-23-10-12-25-13-11-23)21-15-7-8-17-16-4-1-2-5-18(16)22-19(17)14-15/h1-2,4-5,7-8,14,22H,3,6,9-13H2,(H,21,24). The molecule has 2 N–H and O–H groups in total. The summed E-state index contributed by atoms with van der Waals surface area (Å²) in [6.07, 6.45) is 1.42. The number of benzene rings is 2.